The molecule has 9 nitrogen and oxygen atoms in total. The van der Waals surface area contributed by atoms with E-state index < -0.39 is 11.4 Å². The van der Waals surface area contributed by atoms with Crippen LogP contribution in [0.15, 0.2) is 36.2 Å². The summed E-state index contributed by atoms with van der Waals surface area (Å²) >= 11 is 0. The molecular weight excluding hydrogens is 488 g/mol. The zero-order valence-corrected chi connectivity index (χ0v) is 23.3. The molecule has 0 bridgehead atoms. The van der Waals surface area contributed by atoms with Crippen molar-refractivity contribution < 1.29 is 33.3 Å². The van der Waals surface area contributed by atoms with Crippen molar-refractivity contribution in [3.63, 3.8) is 0 Å². The van der Waals surface area contributed by atoms with Gasteiger partial charge in [-0.1, -0.05) is 12.1 Å². The van der Waals surface area contributed by atoms with Crippen LogP contribution >= 0.6 is 0 Å². The van der Waals surface area contributed by atoms with Gasteiger partial charge >= 0.3 is 12.1 Å². The third kappa shape index (κ3) is 6.31. The Bertz CT molecular complexity index is 1230. The highest BCUT2D eigenvalue weighted by Gasteiger charge is 2.40. The van der Waals surface area contributed by atoms with E-state index in [9.17, 15) is 9.59 Å². The highest BCUT2D eigenvalue weighted by atomic mass is 16.7. The number of esters is 1. The summed E-state index contributed by atoms with van der Waals surface area (Å²) in [6.45, 7) is 10.2. The Balaban J connectivity index is 1.65. The number of amides is 1. The number of nitrogens with zero attached hydrogens (tertiary/aromatic N) is 2. The fourth-order valence-electron chi connectivity index (χ4n) is 5.05. The van der Waals surface area contributed by atoms with E-state index >= 15 is 0 Å². The van der Waals surface area contributed by atoms with E-state index in [4.69, 9.17) is 23.7 Å². The average Bonchev–Trinajstić information content (AvgIpc) is 3.16. The molecule has 2 aliphatic heterocycles. The number of carbonyl (C=O) groups is 2. The highest BCUT2D eigenvalue weighted by Crippen LogP contribution is 2.44. The van der Waals surface area contributed by atoms with E-state index in [1.165, 1.54) is 7.11 Å². The first-order valence-corrected chi connectivity index (χ1v) is 13.0. The summed E-state index contributed by atoms with van der Waals surface area (Å²) in [4.78, 5) is 31.3. The molecule has 1 saturated heterocycles. The van der Waals surface area contributed by atoms with Gasteiger partial charge in [-0.3, -0.25) is 9.78 Å². The summed E-state index contributed by atoms with van der Waals surface area (Å²) in [5.74, 6) is 0.804. The standard InChI is InChI=1S/C29H38N2O7/c1-28(2,3)38-27(33)31-12-11-18(19(17-31)14-25(32)35-7)13-24-26(37-29(4,5)36-24)21-9-8-10-23-22(21)15-20(34-6)16-30-23/h8-10,15-16,18-19H,11-14,17H2,1-7H3. The van der Waals surface area contributed by atoms with E-state index in [0.29, 0.717) is 37.4 Å². The van der Waals surface area contributed by atoms with Crippen LogP contribution in [0.2, 0.25) is 0 Å². The molecule has 2 aromatic rings. The van der Waals surface area contributed by atoms with Gasteiger partial charge in [0.15, 0.2) is 5.76 Å². The first-order chi connectivity index (χ1) is 17.9. The Morgan fingerprint density at radius 1 is 1.16 bits per heavy atom. The van der Waals surface area contributed by atoms with Crippen LogP contribution < -0.4 is 4.74 Å². The number of pyridine rings is 1. The average molecular weight is 527 g/mol. The SMILES string of the molecule is COC(=O)CC1CN(C(=O)OC(C)(C)C)CCC1CC1=C(c2cccc3ncc(OC)cc23)OC(C)(C)O1. The number of hydrogen-bond acceptors (Lipinski definition) is 8. The van der Waals surface area contributed by atoms with Crippen LogP contribution in [0.3, 0.4) is 0 Å². The Kier molecular flexibility index (Phi) is 7.76. The monoisotopic (exact) mass is 526 g/mol. The molecule has 1 aromatic carbocycles. The van der Waals surface area contributed by atoms with Crippen molar-refractivity contribution in [2.75, 3.05) is 27.3 Å². The smallest absolute Gasteiger partial charge is 0.410 e. The lowest BCUT2D eigenvalue weighted by molar-refractivity contribution is -0.143. The third-order valence-corrected chi connectivity index (χ3v) is 6.80. The topological polar surface area (TPSA) is 96.4 Å². The van der Waals surface area contributed by atoms with E-state index in [2.05, 4.69) is 4.98 Å². The second kappa shape index (κ2) is 10.7. The fourth-order valence-corrected chi connectivity index (χ4v) is 5.05. The predicted molar refractivity (Wildman–Crippen MR) is 142 cm³/mol. The maximum absolute atomic E-state index is 12.8. The van der Waals surface area contributed by atoms with Crippen molar-refractivity contribution in [2.45, 2.75) is 65.3 Å². The zero-order valence-electron chi connectivity index (χ0n) is 23.3. The summed E-state index contributed by atoms with van der Waals surface area (Å²) in [5.41, 5.74) is 1.09. The molecule has 2 unspecified atom stereocenters. The van der Waals surface area contributed by atoms with Crippen LogP contribution in [0.5, 0.6) is 5.75 Å². The van der Waals surface area contributed by atoms with Gasteiger partial charge in [0.2, 0.25) is 5.79 Å². The molecule has 1 amide bonds. The zero-order chi connectivity index (χ0) is 27.7. The summed E-state index contributed by atoms with van der Waals surface area (Å²) in [6.07, 6.45) is 2.75. The lowest BCUT2D eigenvalue weighted by Crippen LogP contribution is -2.46. The number of piperidine rings is 1. The number of benzene rings is 1. The molecule has 1 fully saturated rings. The molecule has 0 radical (unpaired) electrons. The van der Waals surface area contributed by atoms with Gasteiger partial charge in [0, 0.05) is 44.3 Å². The number of ether oxygens (including phenoxy) is 5. The highest BCUT2D eigenvalue weighted by molar-refractivity contribution is 5.91. The Labute approximate surface area is 224 Å². The second-order valence-corrected chi connectivity index (χ2v) is 11.3. The minimum absolute atomic E-state index is 0.0675. The van der Waals surface area contributed by atoms with Crippen molar-refractivity contribution in [1.82, 2.24) is 9.88 Å². The molecule has 0 N–H and O–H groups in total. The van der Waals surface area contributed by atoms with Gasteiger partial charge in [-0.2, -0.15) is 0 Å². The number of rotatable bonds is 6. The van der Waals surface area contributed by atoms with Gasteiger partial charge in [-0.15, -0.1) is 0 Å². The molecule has 3 heterocycles. The fraction of sp³-hybridized carbons (Fsp3) is 0.552. The quantitative estimate of drug-likeness (QED) is 0.454. The lowest BCUT2D eigenvalue weighted by atomic mass is 9.80. The normalized spacial score (nSPS) is 21.1. The molecule has 206 valence electrons. The number of allylic oxidation sites excluding steroid dienone is 1. The number of hydrogen-bond donors (Lipinski definition) is 0. The molecule has 4 rings (SSSR count). The summed E-state index contributed by atoms with van der Waals surface area (Å²) in [6, 6.07) is 7.81. The first-order valence-electron chi connectivity index (χ1n) is 13.0. The number of aromatic nitrogens is 1. The van der Waals surface area contributed by atoms with Gasteiger partial charge in [0.25, 0.3) is 0 Å². The lowest BCUT2D eigenvalue weighted by Gasteiger charge is -2.38. The third-order valence-electron chi connectivity index (χ3n) is 6.80. The molecule has 2 atom stereocenters. The molecule has 2 aliphatic rings. The van der Waals surface area contributed by atoms with Crippen LogP contribution in [0.1, 0.15) is 59.4 Å². The molecule has 9 heteroatoms. The van der Waals surface area contributed by atoms with E-state index in [1.807, 2.05) is 58.9 Å². The maximum Gasteiger partial charge on any atom is 0.410 e. The van der Waals surface area contributed by atoms with Crippen LogP contribution in [0.4, 0.5) is 4.79 Å². The van der Waals surface area contributed by atoms with Crippen molar-refractivity contribution in [3.05, 3.63) is 41.8 Å². The number of methoxy groups -OCH3 is 2. The summed E-state index contributed by atoms with van der Waals surface area (Å²) in [7, 11) is 2.99. The van der Waals surface area contributed by atoms with Crippen molar-refractivity contribution in [1.29, 1.82) is 0 Å². The van der Waals surface area contributed by atoms with Crippen molar-refractivity contribution in [2.24, 2.45) is 11.8 Å². The second-order valence-electron chi connectivity index (χ2n) is 11.3. The minimum atomic E-state index is -0.853. The van der Waals surface area contributed by atoms with Crippen molar-refractivity contribution in [3.8, 4) is 5.75 Å². The Morgan fingerprint density at radius 3 is 2.61 bits per heavy atom. The van der Waals surface area contributed by atoms with Gasteiger partial charge < -0.3 is 28.6 Å². The van der Waals surface area contributed by atoms with Crippen LogP contribution in [0.25, 0.3) is 16.7 Å². The molecule has 0 spiro atoms. The van der Waals surface area contributed by atoms with E-state index in [-0.39, 0.29) is 30.3 Å². The number of carbonyl (C=O) groups excluding carboxylic acids is 2. The van der Waals surface area contributed by atoms with Crippen LogP contribution in [0, 0.1) is 11.8 Å². The largest absolute Gasteiger partial charge is 0.495 e. The first kappa shape index (κ1) is 27.5. The van der Waals surface area contributed by atoms with Gasteiger partial charge in [0.1, 0.15) is 17.1 Å². The molecule has 1 aromatic heterocycles. The summed E-state index contributed by atoms with van der Waals surface area (Å²) in [5, 5.41) is 0.895. The molecule has 38 heavy (non-hydrogen) atoms. The predicted octanol–water partition coefficient (Wildman–Crippen LogP) is 5.52. The van der Waals surface area contributed by atoms with E-state index in [0.717, 1.165) is 22.2 Å². The minimum Gasteiger partial charge on any atom is -0.495 e. The van der Waals surface area contributed by atoms with Crippen LogP contribution in [-0.4, -0.2) is 60.6 Å². The van der Waals surface area contributed by atoms with Crippen LogP contribution in [-0.2, 0) is 23.7 Å². The van der Waals surface area contributed by atoms with Crippen molar-refractivity contribution >= 4 is 28.7 Å². The molecule has 0 saturated carbocycles. The van der Waals surface area contributed by atoms with Gasteiger partial charge in [-0.25, -0.2) is 4.79 Å². The van der Waals surface area contributed by atoms with Gasteiger partial charge in [0.05, 0.1) is 32.4 Å². The molecular formula is C29H38N2O7. The van der Waals surface area contributed by atoms with E-state index in [1.54, 1.807) is 18.2 Å². The summed E-state index contributed by atoms with van der Waals surface area (Å²) < 4.78 is 28.6. The Morgan fingerprint density at radius 2 is 1.92 bits per heavy atom. The maximum atomic E-state index is 12.8. The molecule has 0 aliphatic carbocycles. The number of likely N-dealkylation sites (tertiary alicyclic amines) is 1. The Hall–Kier alpha value is -3.49. The van der Waals surface area contributed by atoms with Gasteiger partial charge in [-0.05, 0) is 51.2 Å². The number of fused-ring (bicyclic) bond motifs is 1.